The van der Waals surface area contributed by atoms with Gasteiger partial charge in [-0.2, -0.15) is 0 Å². The van der Waals surface area contributed by atoms with Gasteiger partial charge in [-0.15, -0.1) is 0 Å². The molecule has 1 aromatic rings. The van der Waals surface area contributed by atoms with Gasteiger partial charge in [-0.3, -0.25) is 9.59 Å². The van der Waals surface area contributed by atoms with Crippen molar-refractivity contribution in [1.82, 2.24) is 10.2 Å². The molecule has 1 fully saturated rings. The van der Waals surface area contributed by atoms with Gasteiger partial charge in [0.2, 0.25) is 5.91 Å². The van der Waals surface area contributed by atoms with Crippen LogP contribution in [0, 0.1) is 0 Å². The Hall–Kier alpha value is -1.92. The van der Waals surface area contributed by atoms with Gasteiger partial charge in [0.05, 0.1) is 6.61 Å². The summed E-state index contributed by atoms with van der Waals surface area (Å²) in [5, 5.41) is 3.02. The molecule has 0 aromatic heterocycles. The van der Waals surface area contributed by atoms with E-state index in [0.29, 0.717) is 18.7 Å². The molecule has 2 rings (SSSR count). The van der Waals surface area contributed by atoms with Crippen molar-refractivity contribution in [2.75, 3.05) is 26.8 Å². The van der Waals surface area contributed by atoms with Crippen molar-refractivity contribution in [3.63, 3.8) is 0 Å². The predicted octanol–water partition coefficient (Wildman–Crippen LogP) is 0.381. The lowest BCUT2D eigenvalue weighted by Gasteiger charge is -2.33. The first-order chi connectivity index (χ1) is 10.6. The average molecular weight is 305 g/mol. The smallest absolute Gasteiger partial charge is 0.251 e. The number of piperidine rings is 1. The second-order valence-corrected chi connectivity index (χ2v) is 5.50. The molecule has 0 radical (unpaired) electrons. The molecule has 120 valence electrons. The first-order valence-corrected chi connectivity index (χ1v) is 7.51. The van der Waals surface area contributed by atoms with E-state index in [4.69, 9.17) is 10.5 Å². The molecule has 1 saturated heterocycles. The maximum absolute atomic E-state index is 12.1. The predicted molar refractivity (Wildman–Crippen MR) is 83.4 cm³/mol. The number of hydrogen-bond acceptors (Lipinski definition) is 4. The summed E-state index contributed by atoms with van der Waals surface area (Å²) in [5.41, 5.74) is 6.42. The standard InChI is InChI=1S/C16H23N3O3/c1-22-11-14(17)16(21)19-9-7-13(8-10-19)18-15(20)12-5-3-2-4-6-12/h2-6,13-14H,7-11,17H2,1H3,(H,18,20). The molecule has 1 heterocycles. The molecule has 1 aromatic carbocycles. The number of nitrogens with zero attached hydrogens (tertiary/aromatic N) is 1. The molecule has 0 spiro atoms. The van der Waals surface area contributed by atoms with Crippen molar-refractivity contribution in [2.45, 2.75) is 24.9 Å². The van der Waals surface area contributed by atoms with Crippen molar-refractivity contribution in [3.05, 3.63) is 35.9 Å². The molecule has 1 atom stereocenters. The second kappa shape index (κ2) is 7.91. The van der Waals surface area contributed by atoms with Crippen molar-refractivity contribution >= 4 is 11.8 Å². The summed E-state index contributed by atoms with van der Waals surface area (Å²) in [6.07, 6.45) is 1.48. The maximum atomic E-state index is 12.1. The van der Waals surface area contributed by atoms with E-state index in [1.165, 1.54) is 7.11 Å². The fraction of sp³-hybridized carbons (Fsp3) is 0.500. The largest absolute Gasteiger partial charge is 0.383 e. The quantitative estimate of drug-likeness (QED) is 0.824. The van der Waals surface area contributed by atoms with Crippen LogP contribution in [0.2, 0.25) is 0 Å². The van der Waals surface area contributed by atoms with E-state index >= 15 is 0 Å². The highest BCUT2D eigenvalue weighted by Gasteiger charge is 2.27. The third kappa shape index (κ3) is 4.29. The van der Waals surface area contributed by atoms with Crippen LogP contribution in [0.3, 0.4) is 0 Å². The molecule has 0 bridgehead atoms. The fourth-order valence-electron chi connectivity index (χ4n) is 2.59. The lowest BCUT2D eigenvalue weighted by atomic mass is 10.0. The van der Waals surface area contributed by atoms with Crippen molar-refractivity contribution in [3.8, 4) is 0 Å². The summed E-state index contributed by atoms with van der Waals surface area (Å²) in [6.45, 7) is 1.44. The minimum absolute atomic E-state index is 0.0681. The number of likely N-dealkylation sites (tertiary alicyclic amines) is 1. The van der Waals surface area contributed by atoms with E-state index in [1.54, 1.807) is 17.0 Å². The van der Waals surface area contributed by atoms with Gasteiger partial charge in [0.15, 0.2) is 0 Å². The van der Waals surface area contributed by atoms with Gasteiger partial charge in [-0.1, -0.05) is 18.2 Å². The van der Waals surface area contributed by atoms with E-state index in [1.807, 2.05) is 18.2 Å². The van der Waals surface area contributed by atoms with E-state index in [2.05, 4.69) is 5.32 Å². The summed E-state index contributed by atoms with van der Waals surface area (Å²) in [5.74, 6) is -0.156. The maximum Gasteiger partial charge on any atom is 0.251 e. The van der Waals surface area contributed by atoms with Crippen molar-refractivity contribution < 1.29 is 14.3 Å². The number of amides is 2. The monoisotopic (exact) mass is 305 g/mol. The fourth-order valence-corrected chi connectivity index (χ4v) is 2.59. The molecule has 0 saturated carbocycles. The minimum Gasteiger partial charge on any atom is -0.383 e. The zero-order valence-corrected chi connectivity index (χ0v) is 12.8. The molecule has 1 aliphatic heterocycles. The zero-order chi connectivity index (χ0) is 15.9. The van der Waals surface area contributed by atoms with Crippen LogP contribution >= 0.6 is 0 Å². The lowest BCUT2D eigenvalue weighted by Crippen LogP contribution is -2.52. The third-order valence-electron chi connectivity index (χ3n) is 3.84. The summed E-state index contributed by atoms with van der Waals surface area (Å²) in [6, 6.07) is 8.62. The normalized spacial score (nSPS) is 17.1. The van der Waals surface area contributed by atoms with Gasteiger partial charge in [-0.05, 0) is 25.0 Å². The molecule has 3 N–H and O–H groups in total. The van der Waals surface area contributed by atoms with Crippen molar-refractivity contribution in [1.29, 1.82) is 0 Å². The molecule has 2 amide bonds. The summed E-state index contributed by atoms with van der Waals surface area (Å²) >= 11 is 0. The molecule has 1 aliphatic rings. The number of benzene rings is 1. The summed E-state index contributed by atoms with van der Waals surface area (Å²) < 4.78 is 4.91. The van der Waals surface area contributed by atoms with E-state index in [9.17, 15) is 9.59 Å². The molecule has 6 heteroatoms. The Morgan fingerprint density at radius 1 is 1.32 bits per heavy atom. The molecular formula is C16H23N3O3. The number of methoxy groups -OCH3 is 1. The Kier molecular flexibility index (Phi) is 5.91. The highest BCUT2D eigenvalue weighted by molar-refractivity contribution is 5.94. The van der Waals surface area contributed by atoms with Crippen LogP contribution in [-0.2, 0) is 9.53 Å². The Morgan fingerprint density at radius 2 is 1.95 bits per heavy atom. The van der Waals surface area contributed by atoms with Crippen molar-refractivity contribution in [2.24, 2.45) is 5.73 Å². The summed E-state index contributed by atoms with van der Waals surface area (Å²) in [4.78, 5) is 25.9. The first-order valence-electron chi connectivity index (χ1n) is 7.51. The van der Waals surface area contributed by atoms with Crippen LogP contribution in [0.5, 0.6) is 0 Å². The topological polar surface area (TPSA) is 84.7 Å². The highest BCUT2D eigenvalue weighted by Crippen LogP contribution is 2.12. The minimum atomic E-state index is -0.611. The molecule has 0 aliphatic carbocycles. The van der Waals surface area contributed by atoms with Crippen LogP contribution in [0.25, 0.3) is 0 Å². The highest BCUT2D eigenvalue weighted by atomic mass is 16.5. The van der Waals surface area contributed by atoms with Gasteiger partial charge in [0, 0.05) is 31.8 Å². The Bertz CT molecular complexity index is 499. The number of nitrogens with two attached hydrogens (primary N) is 1. The van der Waals surface area contributed by atoms with Gasteiger partial charge in [0.1, 0.15) is 6.04 Å². The molecule has 6 nitrogen and oxygen atoms in total. The van der Waals surface area contributed by atoms with E-state index in [-0.39, 0.29) is 24.5 Å². The van der Waals surface area contributed by atoms with Crippen LogP contribution in [-0.4, -0.2) is 55.6 Å². The number of carbonyl (C=O) groups is 2. The molecule has 1 unspecified atom stereocenters. The number of carbonyl (C=O) groups excluding carboxylic acids is 2. The van der Waals surface area contributed by atoms with Crippen LogP contribution in [0.1, 0.15) is 23.2 Å². The Morgan fingerprint density at radius 3 is 2.55 bits per heavy atom. The number of rotatable bonds is 5. The average Bonchev–Trinajstić information content (AvgIpc) is 2.56. The zero-order valence-electron chi connectivity index (χ0n) is 12.8. The first kappa shape index (κ1) is 16.5. The number of nitrogens with one attached hydrogen (secondary N) is 1. The molecule has 22 heavy (non-hydrogen) atoms. The van der Waals surface area contributed by atoms with Gasteiger partial charge in [-0.25, -0.2) is 0 Å². The van der Waals surface area contributed by atoms with Crippen LogP contribution < -0.4 is 11.1 Å². The SMILES string of the molecule is COCC(N)C(=O)N1CCC(NC(=O)c2ccccc2)CC1. The number of hydrogen-bond donors (Lipinski definition) is 2. The Balaban J connectivity index is 1.80. The number of ether oxygens (including phenoxy) is 1. The summed E-state index contributed by atoms with van der Waals surface area (Å²) in [7, 11) is 1.53. The second-order valence-electron chi connectivity index (χ2n) is 5.50. The van der Waals surface area contributed by atoms with E-state index in [0.717, 1.165) is 12.8 Å². The Labute approximate surface area is 130 Å². The third-order valence-corrected chi connectivity index (χ3v) is 3.84. The van der Waals surface area contributed by atoms with Crippen LogP contribution in [0.4, 0.5) is 0 Å². The molecular weight excluding hydrogens is 282 g/mol. The van der Waals surface area contributed by atoms with Gasteiger partial charge >= 0.3 is 0 Å². The lowest BCUT2D eigenvalue weighted by molar-refractivity contribution is -0.134. The van der Waals surface area contributed by atoms with Crippen LogP contribution in [0.15, 0.2) is 30.3 Å². The van der Waals surface area contributed by atoms with E-state index < -0.39 is 6.04 Å². The van der Waals surface area contributed by atoms with Gasteiger partial charge < -0.3 is 20.7 Å². The van der Waals surface area contributed by atoms with Gasteiger partial charge in [0.25, 0.3) is 5.91 Å².